The van der Waals surface area contributed by atoms with E-state index in [9.17, 15) is 4.79 Å². The van der Waals surface area contributed by atoms with E-state index in [4.69, 9.17) is 5.73 Å². The van der Waals surface area contributed by atoms with Gasteiger partial charge in [0.15, 0.2) is 11.5 Å². The fourth-order valence-electron chi connectivity index (χ4n) is 0.502. The molecule has 0 aliphatic carbocycles. The third-order valence-electron chi connectivity index (χ3n) is 0.982. The summed E-state index contributed by atoms with van der Waals surface area (Å²) < 4.78 is 4.61. The minimum atomic E-state index is -0.600. The highest BCUT2D eigenvalue weighted by molar-refractivity contribution is 5.90. The third-order valence-corrected chi connectivity index (χ3v) is 0.982. The molecule has 0 radical (unpaired) electrons. The maximum absolute atomic E-state index is 10.4. The molecular formula is C6H6N2O2. The molecule has 0 saturated carbocycles. The molecule has 0 fully saturated rings. The number of primary amides is 1. The van der Waals surface area contributed by atoms with Crippen molar-refractivity contribution in [1.82, 2.24) is 5.16 Å². The molecule has 0 spiro atoms. The summed E-state index contributed by atoms with van der Waals surface area (Å²) in [6, 6.07) is 1.43. The molecule has 10 heavy (non-hydrogen) atoms. The van der Waals surface area contributed by atoms with Crippen LogP contribution in [-0.4, -0.2) is 11.1 Å². The predicted molar refractivity (Wildman–Crippen MR) is 35.1 cm³/mol. The second-order valence-electron chi connectivity index (χ2n) is 1.68. The van der Waals surface area contributed by atoms with Crippen molar-refractivity contribution in [2.75, 3.05) is 0 Å². The second-order valence-corrected chi connectivity index (χ2v) is 1.68. The van der Waals surface area contributed by atoms with Gasteiger partial charge in [-0.25, -0.2) is 0 Å². The van der Waals surface area contributed by atoms with Gasteiger partial charge in [0.25, 0.3) is 5.91 Å². The van der Waals surface area contributed by atoms with Gasteiger partial charge in [0.2, 0.25) is 0 Å². The van der Waals surface area contributed by atoms with Crippen LogP contribution in [0.3, 0.4) is 0 Å². The predicted octanol–water partition coefficient (Wildman–Crippen LogP) is 0.417. The van der Waals surface area contributed by atoms with Crippen molar-refractivity contribution >= 4 is 12.0 Å². The smallest absolute Gasteiger partial charge is 0.270 e. The van der Waals surface area contributed by atoms with E-state index in [2.05, 4.69) is 16.3 Å². The van der Waals surface area contributed by atoms with Crippen LogP contribution in [0.1, 0.15) is 16.2 Å². The fourth-order valence-corrected chi connectivity index (χ4v) is 0.502. The molecule has 1 aromatic rings. The lowest BCUT2D eigenvalue weighted by Gasteiger charge is -1.77. The molecule has 1 rings (SSSR count). The number of nitrogens with two attached hydrogens (primary N) is 1. The molecule has 0 atom stereocenters. The molecule has 52 valence electrons. The van der Waals surface area contributed by atoms with E-state index < -0.39 is 5.91 Å². The maximum atomic E-state index is 10.4. The number of aromatic nitrogens is 1. The summed E-state index contributed by atoms with van der Waals surface area (Å²) in [6.07, 6.45) is 1.44. The number of nitrogens with zero attached hydrogens (tertiary/aromatic N) is 1. The molecule has 2 N–H and O–H groups in total. The van der Waals surface area contributed by atoms with Crippen molar-refractivity contribution < 1.29 is 9.32 Å². The van der Waals surface area contributed by atoms with E-state index in [1.54, 1.807) is 0 Å². The average Bonchev–Trinajstić information content (AvgIpc) is 2.34. The van der Waals surface area contributed by atoms with Gasteiger partial charge < -0.3 is 10.3 Å². The first-order valence-electron chi connectivity index (χ1n) is 2.63. The summed E-state index contributed by atoms with van der Waals surface area (Å²) >= 11 is 0. The van der Waals surface area contributed by atoms with Gasteiger partial charge in [0.05, 0.1) is 0 Å². The van der Waals surface area contributed by atoms with Crippen LogP contribution in [0.4, 0.5) is 0 Å². The normalized spacial score (nSPS) is 9.20. The van der Waals surface area contributed by atoms with E-state index in [1.807, 2.05) is 0 Å². The van der Waals surface area contributed by atoms with Crippen LogP contribution in [0.5, 0.6) is 0 Å². The number of hydrogen-bond donors (Lipinski definition) is 1. The van der Waals surface area contributed by atoms with Crippen LogP contribution in [0, 0.1) is 0 Å². The van der Waals surface area contributed by atoms with E-state index in [-0.39, 0.29) is 5.69 Å². The van der Waals surface area contributed by atoms with Crippen LogP contribution in [0.15, 0.2) is 17.2 Å². The Balaban J connectivity index is 2.98. The van der Waals surface area contributed by atoms with Crippen LogP contribution < -0.4 is 5.73 Å². The van der Waals surface area contributed by atoms with E-state index in [0.717, 1.165) is 0 Å². The molecule has 0 unspecified atom stereocenters. The minimum absolute atomic E-state index is 0.120. The second kappa shape index (κ2) is 2.34. The van der Waals surface area contributed by atoms with Crippen molar-refractivity contribution in [1.29, 1.82) is 0 Å². The summed E-state index contributed by atoms with van der Waals surface area (Å²) in [6.45, 7) is 3.42. The number of rotatable bonds is 2. The maximum Gasteiger partial charge on any atom is 0.270 e. The summed E-state index contributed by atoms with van der Waals surface area (Å²) in [7, 11) is 0. The van der Waals surface area contributed by atoms with Gasteiger partial charge in [-0.3, -0.25) is 4.79 Å². The fraction of sp³-hybridized carbons (Fsp3) is 0. The van der Waals surface area contributed by atoms with E-state index in [1.165, 1.54) is 12.1 Å². The highest BCUT2D eigenvalue weighted by Crippen LogP contribution is 2.02. The Labute approximate surface area is 57.3 Å². The zero-order valence-corrected chi connectivity index (χ0v) is 5.20. The van der Waals surface area contributed by atoms with Gasteiger partial charge in [0, 0.05) is 6.07 Å². The van der Waals surface area contributed by atoms with Gasteiger partial charge in [-0.2, -0.15) is 0 Å². The Hall–Kier alpha value is -1.58. The molecule has 0 aliphatic rings. The van der Waals surface area contributed by atoms with E-state index in [0.29, 0.717) is 5.76 Å². The Morgan fingerprint density at radius 2 is 2.60 bits per heavy atom. The first kappa shape index (κ1) is 6.54. The zero-order chi connectivity index (χ0) is 7.56. The Bertz CT molecular complexity index is 264. The molecular weight excluding hydrogens is 132 g/mol. The van der Waals surface area contributed by atoms with Crippen molar-refractivity contribution in [2.24, 2.45) is 5.73 Å². The van der Waals surface area contributed by atoms with Crippen molar-refractivity contribution in [3.05, 3.63) is 24.1 Å². The topological polar surface area (TPSA) is 69.1 Å². The molecule has 0 aromatic carbocycles. The SMILES string of the molecule is C=Cc1cc(C(N)=O)no1. The number of hydrogen-bond acceptors (Lipinski definition) is 3. The monoisotopic (exact) mass is 138 g/mol. The lowest BCUT2D eigenvalue weighted by molar-refractivity contribution is 0.0991. The van der Waals surface area contributed by atoms with Crippen molar-refractivity contribution in [3.8, 4) is 0 Å². The molecule has 0 bridgehead atoms. The van der Waals surface area contributed by atoms with Gasteiger partial charge in [-0.1, -0.05) is 11.7 Å². The third kappa shape index (κ3) is 1.05. The van der Waals surface area contributed by atoms with E-state index >= 15 is 0 Å². The van der Waals surface area contributed by atoms with Gasteiger partial charge in [-0.15, -0.1) is 0 Å². The number of amides is 1. The highest BCUT2D eigenvalue weighted by atomic mass is 16.5. The number of carbonyl (C=O) groups excluding carboxylic acids is 1. The Kier molecular flexibility index (Phi) is 1.53. The Morgan fingerprint density at radius 3 is 2.90 bits per heavy atom. The van der Waals surface area contributed by atoms with Gasteiger partial charge >= 0.3 is 0 Å². The van der Waals surface area contributed by atoms with Crippen LogP contribution >= 0.6 is 0 Å². The van der Waals surface area contributed by atoms with Crippen LogP contribution in [0.25, 0.3) is 6.08 Å². The number of carbonyl (C=O) groups is 1. The standard InChI is InChI=1S/C6H6N2O2/c1-2-4-3-5(6(7)9)8-10-4/h2-3H,1H2,(H2,7,9). The summed E-state index contributed by atoms with van der Waals surface area (Å²) in [4.78, 5) is 10.4. The van der Waals surface area contributed by atoms with Gasteiger partial charge in [0.1, 0.15) is 0 Å². The molecule has 1 aromatic heterocycles. The molecule has 0 saturated heterocycles. The summed E-state index contributed by atoms with van der Waals surface area (Å²) in [5.41, 5.74) is 5.01. The van der Waals surface area contributed by atoms with Gasteiger partial charge in [-0.05, 0) is 6.08 Å². The molecule has 4 heteroatoms. The molecule has 0 aliphatic heterocycles. The average molecular weight is 138 g/mol. The first-order valence-corrected chi connectivity index (χ1v) is 2.63. The minimum Gasteiger partial charge on any atom is -0.364 e. The van der Waals surface area contributed by atoms with Crippen LogP contribution in [0.2, 0.25) is 0 Å². The van der Waals surface area contributed by atoms with Crippen molar-refractivity contribution in [2.45, 2.75) is 0 Å². The van der Waals surface area contributed by atoms with Crippen molar-refractivity contribution in [3.63, 3.8) is 0 Å². The zero-order valence-electron chi connectivity index (χ0n) is 5.20. The highest BCUT2D eigenvalue weighted by Gasteiger charge is 2.05. The summed E-state index contributed by atoms with van der Waals surface area (Å²) in [5.74, 6) is -0.161. The largest absolute Gasteiger partial charge is 0.364 e. The lowest BCUT2D eigenvalue weighted by Crippen LogP contribution is -2.10. The molecule has 1 heterocycles. The summed E-state index contributed by atoms with van der Waals surface area (Å²) in [5, 5.41) is 3.37. The van der Waals surface area contributed by atoms with Crippen LogP contribution in [-0.2, 0) is 0 Å². The molecule has 4 nitrogen and oxygen atoms in total. The lowest BCUT2D eigenvalue weighted by atomic mass is 10.3. The molecule has 1 amide bonds. The first-order chi connectivity index (χ1) is 4.74. The Morgan fingerprint density at radius 1 is 1.90 bits per heavy atom. The quantitative estimate of drug-likeness (QED) is 0.643.